The topological polar surface area (TPSA) is 66.4 Å². The molecule has 0 aliphatic rings. The van der Waals surface area contributed by atoms with E-state index in [4.69, 9.17) is 5.11 Å². The molecule has 0 aromatic heterocycles. The maximum Gasteiger partial charge on any atom is 0.265 e. The van der Waals surface area contributed by atoms with Crippen LogP contribution in [-0.4, -0.2) is 32.6 Å². The second kappa shape index (κ2) is 6.05. The highest BCUT2D eigenvalue weighted by molar-refractivity contribution is 9.10. The first kappa shape index (κ1) is 15.5. The second-order valence-electron chi connectivity index (χ2n) is 3.66. The molecule has 0 heterocycles. The lowest BCUT2D eigenvalue weighted by molar-refractivity contribution is -0.000452. The molecule has 0 spiro atoms. The van der Waals surface area contributed by atoms with Crippen molar-refractivity contribution in [3.05, 3.63) is 28.2 Å². The number of aryl methyl sites for hydroxylation is 1. The second-order valence-corrected chi connectivity index (χ2v) is 6.31. The molecule has 102 valence electrons. The van der Waals surface area contributed by atoms with E-state index in [1.807, 2.05) is 4.72 Å². The Balaban J connectivity index is 2.90. The molecule has 18 heavy (non-hydrogen) atoms. The predicted octanol–water partition coefficient (Wildman–Crippen LogP) is 1.66. The van der Waals surface area contributed by atoms with Gasteiger partial charge in [0.15, 0.2) is 0 Å². The molecular weight excluding hydrogens is 332 g/mol. The molecule has 1 unspecified atom stereocenters. The van der Waals surface area contributed by atoms with E-state index in [2.05, 4.69) is 15.9 Å². The summed E-state index contributed by atoms with van der Waals surface area (Å²) in [7, 11) is -3.92. The summed E-state index contributed by atoms with van der Waals surface area (Å²) in [5.41, 5.74) is 0.484. The molecule has 4 nitrogen and oxygen atoms in total. The Kier molecular flexibility index (Phi) is 5.20. The van der Waals surface area contributed by atoms with Gasteiger partial charge >= 0.3 is 0 Å². The first-order valence-corrected chi connectivity index (χ1v) is 7.23. The van der Waals surface area contributed by atoms with Crippen LogP contribution in [0.15, 0.2) is 27.6 Å². The summed E-state index contributed by atoms with van der Waals surface area (Å²) < 4.78 is 50.3. The van der Waals surface area contributed by atoms with Gasteiger partial charge in [0.1, 0.15) is 6.10 Å². The van der Waals surface area contributed by atoms with Gasteiger partial charge in [-0.1, -0.05) is 22.0 Å². The summed E-state index contributed by atoms with van der Waals surface area (Å²) in [4.78, 5) is -0.0154. The van der Waals surface area contributed by atoms with Crippen LogP contribution in [0.4, 0.5) is 8.78 Å². The summed E-state index contributed by atoms with van der Waals surface area (Å²) >= 11 is 3.13. The van der Waals surface area contributed by atoms with Crippen molar-refractivity contribution in [1.29, 1.82) is 0 Å². The van der Waals surface area contributed by atoms with Crippen molar-refractivity contribution in [2.45, 2.75) is 24.3 Å². The molecule has 0 amide bonds. The van der Waals surface area contributed by atoms with Crippen LogP contribution in [0.5, 0.6) is 0 Å². The fraction of sp³-hybridized carbons (Fsp3) is 0.400. The van der Waals surface area contributed by atoms with Crippen molar-refractivity contribution in [3.63, 3.8) is 0 Å². The molecule has 1 aromatic rings. The minimum atomic E-state index is -3.92. The van der Waals surface area contributed by atoms with E-state index < -0.39 is 29.1 Å². The summed E-state index contributed by atoms with van der Waals surface area (Å²) in [6.45, 7) is 0.858. The van der Waals surface area contributed by atoms with Crippen molar-refractivity contribution in [2.75, 3.05) is 6.54 Å². The van der Waals surface area contributed by atoms with Crippen LogP contribution in [0.3, 0.4) is 0 Å². The zero-order valence-electron chi connectivity index (χ0n) is 9.40. The highest BCUT2D eigenvalue weighted by atomic mass is 79.9. The molecule has 8 heteroatoms. The minimum absolute atomic E-state index is 0.0154. The van der Waals surface area contributed by atoms with E-state index in [1.54, 1.807) is 19.1 Å². The van der Waals surface area contributed by atoms with Gasteiger partial charge in [0, 0.05) is 11.0 Å². The standard InChI is InChI=1S/C10H12BrF2NO3S/c1-6-2-3-7(11)4-9(6)18(16,17)14-5-8(15)10(12)13/h2-4,8,10,14-15H,5H2,1H3. The van der Waals surface area contributed by atoms with Gasteiger partial charge in [0.25, 0.3) is 6.43 Å². The van der Waals surface area contributed by atoms with E-state index >= 15 is 0 Å². The highest BCUT2D eigenvalue weighted by Gasteiger charge is 2.22. The molecule has 1 atom stereocenters. The fourth-order valence-electron chi connectivity index (χ4n) is 1.23. The van der Waals surface area contributed by atoms with Gasteiger partial charge in [-0.25, -0.2) is 21.9 Å². The van der Waals surface area contributed by atoms with E-state index in [9.17, 15) is 17.2 Å². The number of hydrogen-bond donors (Lipinski definition) is 2. The number of nitrogens with one attached hydrogen (secondary N) is 1. The van der Waals surface area contributed by atoms with E-state index in [1.165, 1.54) is 6.07 Å². The van der Waals surface area contributed by atoms with E-state index in [-0.39, 0.29) is 4.90 Å². The van der Waals surface area contributed by atoms with Gasteiger partial charge < -0.3 is 5.11 Å². The predicted molar refractivity (Wildman–Crippen MR) is 66.1 cm³/mol. The molecule has 2 N–H and O–H groups in total. The molecule has 0 aliphatic carbocycles. The quantitative estimate of drug-likeness (QED) is 0.854. The van der Waals surface area contributed by atoms with Crippen LogP contribution in [0.1, 0.15) is 5.56 Å². The van der Waals surface area contributed by atoms with Crippen LogP contribution in [-0.2, 0) is 10.0 Å². The number of aliphatic hydroxyl groups excluding tert-OH is 1. The van der Waals surface area contributed by atoms with Gasteiger partial charge in [-0.3, -0.25) is 0 Å². The fourth-order valence-corrected chi connectivity index (χ4v) is 3.06. The van der Waals surface area contributed by atoms with E-state index in [0.717, 1.165) is 0 Å². The lowest BCUT2D eigenvalue weighted by Gasteiger charge is -2.12. The van der Waals surface area contributed by atoms with Gasteiger partial charge in [-0.05, 0) is 24.6 Å². The number of alkyl halides is 2. The maximum atomic E-state index is 12.1. The molecule has 0 aliphatic heterocycles. The van der Waals surface area contributed by atoms with Gasteiger partial charge in [0.05, 0.1) is 4.90 Å². The molecule has 0 bridgehead atoms. The molecular formula is C10H12BrF2NO3S. The number of hydrogen-bond acceptors (Lipinski definition) is 3. The Bertz CT molecular complexity index is 522. The number of benzene rings is 1. The minimum Gasteiger partial charge on any atom is -0.386 e. The summed E-state index contributed by atoms with van der Waals surface area (Å²) in [6, 6.07) is 4.62. The average Bonchev–Trinajstić information content (AvgIpc) is 2.29. The summed E-state index contributed by atoms with van der Waals surface area (Å²) in [5, 5.41) is 8.87. The van der Waals surface area contributed by atoms with Crippen molar-refractivity contribution < 1.29 is 22.3 Å². The first-order chi connectivity index (χ1) is 8.24. The molecule has 0 saturated carbocycles. The molecule has 1 aromatic carbocycles. The number of sulfonamides is 1. The lowest BCUT2D eigenvalue weighted by Crippen LogP contribution is -2.36. The lowest BCUT2D eigenvalue weighted by atomic mass is 10.2. The monoisotopic (exact) mass is 343 g/mol. The molecule has 0 saturated heterocycles. The third kappa shape index (κ3) is 3.98. The Morgan fingerprint density at radius 2 is 2.06 bits per heavy atom. The summed E-state index contributed by atoms with van der Waals surface area (Å²) in [5.74, 6) is 0. The Labute approximate surface area is 112 Å². The maximum absolute atomic E-state index is 12.1. The van der Waals surface area contributed by atoms with Gasteiger partial charge in [-0.15, -0.1) is 0 Å². The third-order valence-corrected chi connectivity index (χ3v) is 4.27. The van der Waals surface area contributed by atoms with Crippen molar-refractivity contribution in [3.8, 4) is 0 Å². The molecule has 1 rings (SSSR count). The SMILES string of the molecule is Cc1ccc(Br)cc1S(=O)(=O)NCC(O)C(F)F. The Hall–Kier alpha value is -0.570. The Morgan fingerprint density at radius 1 is 1.44 bits per heavy atom. The number of rotatable bonds is 5. The largest absolute Gasteiger partial charge is 0.386 e. The number of aliphatic hydroxyl groups is 1. The zero-order chi connectivity index (χ0) is 13.9. The van der Waals surface area contributed by atoms with Gasteiger partial charge in [0.2, 0.25) is 10.0 Å². The van der Waals surface area contributed by atoms with Crippen molar-refractivity contribution in [2.24, 2.45) is 0 Å². The third-order valence-electron chi connectivity index (χ3n) is 2.21. The first-order valence-electron chi connectivity index (χ1n) is 4.96. The highest BCUT2D eigenvalue weighted by Crippen LogP contribution is 2.20. The molecule has 0 fully saturated rings. The smallest absolute Gasteiger partial charge is 0.265 e. The number of halogens is 3. The summed E-state index contributed by atoms with van der Waals surface area (Å²) in [6.07, 6.45) is -5.01. The van der Waals surface area contributed by atoms with Crippen LogP contribution in [0, 0.1) is 6.92 Å². The van der Waals surface area contributed by atoms with Crippen LogP contribution < -0.4 is 4.72 Å². The van der Waals surface area contributed by atoms with Gasteiger partial charge in [-0.2, -0.15) is 0 Å². The average molecular weight is 344 g/mol. The van der Waals surface area contributed by atoms with Crippen LogP contribution in [0.25, 0.3) is 0 Å². The van der Waals surface area contributed by atoms with Crippen LogP contribution in [0.2, 0.25) is 0 Å². The van der Waals surface area contributed by atoms with E-state index in [0.29, 0.717) is 10.0 Å². The normalized spacial score (nSPS) is 13.9. The Morgan fingerprint density at radius 3 is 2.61 bits per heavy atom. The van der Waals surface area contributed by atoms with Crippen LogP contribution >= 0.6 is 15.9 Å². The zero-order valence-corrected chi connectivity index (χ0v) is 11.8. The molecule has 0 radical (unpaired) electrons. The van der Waals surface area contributed by atoms with Crippen molar-refractivity contribution in [1.82, 2.24) is 4.72 Å². The van der Waals surface area contributed by atoms with Crippen molar-refractivity contribution >= 4 is 26.0 Å².